The molecule has 186 valence electrons. The SMILES string of the molecule is C=CS(=O)(=O)N[C@H]1CC[C@@H](n2nc(-c3ccc(Oc4ccccn4)cc3)c3c(N)n[nH]c(=O)c32)CC1. The Morgan fingerprint density at radius 3 is 2.56 bits per heavy atom. The highest BCUT2D eigenvalue weighted by Crippen LogP contribution is 2.36. The van der Waals surface area contributed by atoms with Gasteiger partial charge in [0.25, 0.3) is 5.56 Å². The molecule has 0 radical (unpaired) electrons. The van der Waals surface area contributed by atoms with Gasteiger partial charge in [-0.25, -0.2) is 23.2 Å². The molecule has 1 saturated carbocycles. The molecule has 3 aromatic heterocycles. The van der Waals surface area contributed by atoms with E-state index in [9.17, 15) is 13.2 Å². The van der Waals surface area contributed by atoms with Crippen LogP contribution in [-0.4, -0.2) is 39.4 Å². The van der Waals surface area contributed by atoms with Crippen LogP contribution in [0, 0.1) is 0 Å². The van der Waals surface area contributed by atoms with Gasteiger partial charge in [-0.3, -0.25) is 9.48 Å². The minimum absolute atomic E-state index is 0.0969. The number of rotatable bonds is 7. The Balaban J connectivity index is 1.46. The van der Waals surface area contributed by atoms with Crippen LogP contribution < -0.4 is 20.8 Å². The first-order chi connectivity index (χ1) is 17.3. The molecule has 0 bridgehead atoms. The van der Waals surface area contributed by atoms with Gasteiger partial charge in [0.15, 0.2) is 5.82 Å². The number of nitrogens with one attached hydrogen (secondary N) is 2. The molecule has 1 fully saturated rings. The first-order valence-electron chi connectivity index (χ1n) is 11.4. The van der Waals surface area contributed by atoms with Crippen LogP contribution in [0.3, 0.4) is 0 Å². The number of pyridine rings is 1. The number of anilines is 1. The molecular formula is C24H25N7O4S. The molecule has 1 aliphatic carbocycles. The Hall–Kier alpha value is -4.03. The third-order valence-corrected chi connectivity index (χ3v) is 7.34. The van der Waals surface area contributed by atoms with Crippen molar-refractivity contribution in [3.05, 3.63) is 71.0 Å². The van der Waals surface area contributed by atoms with Crippen LogP contribution in [0.25, 0.3) is 22.2 Å². The number of hydrogen-bond acceptors (Lipinski definition) is 8. The van der Waals surface area contributed by atoms with Crippen LogP contribution in [0.2, 0.25) is 0 Å². The van der Waals surface area contributed by atoms with Gasteiger partial charge in [-0.05, 0) is 56.0 Å². The van der Waals surface area contributed by atoms with Crippen molar-refractivity contribution in [3.8, 4) is 22.9 Å². The Labute approximate surface area is 207 Å². The number of sulfonamides is 1. The average molecular weight is 508 g/mol. The second-order valence-electron chi connectivity index (χ2n) is 8.58. The molecule has 0 unspecified atom stereocenters. The molecule has 3 heterocycles. The number of nitrogens with zero attached hydrogens (tertiary/aromatic N) is 4. The number of benzene rings is 1. The van der Waals surface area contributed by atoms with Crippen molar-refractivity contribution in [1.82, 2.24) is 29.7 Å². The van der Waals surface area contributed by atoms with E-state index in [1.165, 1.54) is 0 Å². The van der Waals surface area contributed by atoms with Gasteiger partial charge in [-0.1, -0.05) is 12.6 Å². The summed E-state index contributed by atoms with van der Waals surface area (Å²) in [6, 6.07) is 12.4. The lowest BCUT2D eigenvalue weighted by Crippen LogP contribution is -2.37. The molecule has 1 aromatic carbocycles. The van der Waals surface area contributed by atoms with E-state index in [2.05, 4.69) is 26.5 Å². The monoisotopic (exact) mass is 507 g/mol. The van der Waals surface area contributed by atoms with E-state index in [-0.39, 0.29) is 23.5 Å². The number of nitrogens with two attached hydrogens (primary N) is 1. The predicted molar refractivity (Wildman–Crippen MR) is 136 cm³/mol. The number of nitrogen functional groups attached to an aromatic ring is 1. The number of aromatic amines is 1. The second-order valence-corrected chi connectivity index (χ2v) is 10.2. The first kappa shape index (κ1) is 23.7. The molecule has 0 aliphatic heterocycles. The highest BCUT2D eigenvalue weighted by Gasteiger charge is 2.29. The third-order valence-electron chi connectivity index (χ3n) is 6.24. The second kappa shape index (κ2) is 9.55. The van der Waals surface area contributed by atoms with Gasteiger partial charge in [0.1, 0.15) is 17.0 Å². The normalized spacial score (nSPS) is 18.2. The summed E-state index contributed by atoms with van der Waals surface area (Å²) < 4.78 is 33.8. The van der Waals surface area contributed by atoms with Crippen molar-refractivity contribution >= 4 is 26.7 Å². The van der Waals surface area contributed by atoms with E-state index in [1.54, 1.807) is 29.1 Å². The topological polar surface area (TPSA) is 158 Å². The van der Waals surface area contributed by atoms with Crippen LogP contribution in [0.1, 0.15) is 31.7 Å². The van der Waals surface area contributed by atoms with Crippen molar-refractivity contribution in [2.24, 2.45) is 0 Å². The van der Waals surface area contributed by atoms with Gasteiger partial charge < -0.3 is 10.5 Å². The molecule has 36 heavy (non-hydrogen) atoms. The molecule has 0 amide bonds. The molecule has 1 aliphatic rings. The van der Waals surface area contributed by atoms with Gasteiger partial charge >= 0.3 is 0 Å². The standard InChI is InChI=1S/C24H25N7O4S/c1-2-36(33,34)30-16-8-10-17(11-9-16)31-22-20(23(25)27-28-24(22)32)21(29-31)15-6-12-18(13-7-15)35-19-5-3-4-14-26-19/h2-7,12-14,16-17,30H,1,8-11H2,(H2,25,27)(H,28,32)/t16-,17+. The highest BCUT2D eigenvalue weighted by molar-refractivity contribution is 7.92. The van der Waals surface area contributed by atoms with Crippen LogP contribution in [0.4, 0.5) is 5.82 Å². The Kier molecular flexibility index (Phi) is 6.29. The molecule has 12 heteroatoms. The maximum Gasteiger partial charge on any atom is 0.290 e. The summed E-state index contributed by atoms with van der Waals surface area (Å²) in [5.41, 5.74) is 7.44. The lowest BCUT2D eigenvalue weighted by molar-refractivity contribution is 0.300. The van der Waals surface area contributed by atoms with Crippen molar-refractivity contribution in [2.45, 2.75) is 37.8 Å². The molecule has 0 atom stereocenters. The fraction of sp³-hybridized carbons (Fsp3) is 0.250. The number of aromatic nitrogens is 5. The minimum Gasteiger partial charge on any atom is -0.439 e. The average Bonchev–Trinajstić information content (AvgIpc) is 3.30. The lowest BCUT2D eigenvalue weighted by atomic mass is 9.92. The minimum atomic E-state index is -3.51. The molecule has 0 saturated heterocycles. The highest BCUT2D eigenvalue weighted by atomic mass is 32.2. The largest absolute Gasteiger partial charge is 0.439 e. The van der Waals surface area contributed by atoms with Crippen LogP contribution >= 0.6 is 0 Å². The van der Waals surface area contributed by atoms with E-state index in [1.807, 2.05) is 24.3 Å². The summed E-state index contributed by atoms with van der Waals surface area (Å²) in [7, 11) is -3.51. The fourth-order valence-corrected chi connectivity index (χ4v) is 5.31. The molecule has 4 N–H and O–H groups in total. The maximum atomic E-state index is 12.8. The Morgan fingerprint density at radius 2 is 1.89 bits per heavy atom. The van der Waals surface area contributed by atoms with Gasteiger partial charge in [0, 0.05) is 29.3 Å². The van der Waals surface area contributed by atoms with E-state index in [4.69, 9.17) is 15.6 Å². The summed E-state index contributed by atoms with van der Waals surface area (Å²) >= 11 is 0. The van der Waals surface area contributed by atoms with Gasteiger partial charge in [0.05, 0.1) is 11.4 Å². The number of fused-ring (bicyclic) bond motifs is 1. The third kappa shape index (κ3) is 4.72. The smallest absolute Gasteiger partial charge is 0.290 e. The van der Waals surface area contributed by atoms with E-state index < -0.39 is 10.0 Å². The fourth-order valence-electron chi connectivity index (χ4n) is 4.51. The molecule has 5 rings (SSSR count). The lowest BCUT2D eigenvalue weighted by Gasteiger charge is -2.29. The molecular weight excluding hydrogens is 482 g/mol. The zero-order chi connectivity index (χ0) is 25.3. The van der Waals surface area contributed by atoms with Crippen LogP contribution in [0.15, 0.2) is 65.4 Å². The van der Waals surface area contributed by atoms with Crippen LogP contribution in [0.5, 0.6) is 11.6 Å². The Bertz CT molecular complexity index is 1560. The zero-order valence-corrected chi connectivity index (χ0v) is 20.1. The van der Waals surface area contributed by atoms with Gasteiger partial charge in [-0.2, -0.15) is 10.2 Å². The van der Waals surface area contributed by atoms with Crippen molar-refractivity contribution < 1.29 is 13.2 Å². The van der Waals surface area contributed by atoms with Crippen molar-refractivity contribution in [2.75, 3.05) is 5.73 Å². The summed E-state index contributed by atoms with van der Waals surface area (Å²) in [6.07, 6.45) is 4.13. The predicted octanol–water partition coefficient (Wildman–Crippen LogP) is 3.10. The number of H-pyrrole nitrogens is 1. The Morgan fingerprint density at radius 1 is 1.14 bits per heavy atom. The summed E-state index contributed by atoms with van der Waals surface area (Å²) in [5.74, 6) is 1.25. The number of hydrogen-bond donors (Lipinski definition) is 3. The molecule has 11 nitrogen and oxygen atoms in total. The summed E-state index contributed by atoms with van der Waals surface area (Å²) in [6.45, 7) is 3.34. The van der Waals surface area contributed by atoms with E-state index in [0.29, 0.717) is 53.9 Å². The molecule has 4 aromatic rings. The van der Waals surface area contributed by atoms with Crippen LogP contribution in [-0.2, 0) is 10.0 Å². The molecule has 0 spiro atoms. The quantitative estimate of drug-likeness (QED) is 0.344. The zero-order valence-electron chi connectivity index (χ0n) is 19.3. The maximum absolute atomic E-state index is 12.8. The summed E-state index contributed by atoms with van der Waals surface area (Å²) in [5, 5.41) is 12.6. The van der Waals surface area contributed by atoms with E-state index >= 15 is 0 Å². The number of ether oxygens (including phenoxy) is 1. The van der Waals surface area contributed by atoms with Gasteiger partial charge in [-0.15, -0.1) is 0 Å². The van der Waals surface area contributed by atoms with Gasteiger partial charge in [0.2, 0.25) is 15.9 Å². The summed E-state index contributed by atoms with van der Waals surface area (Å²) in [4.78, 5) is 17.0. The van der Waals surface area contributed by atoms with E-state index in [0.717, 1.165) is 11.0 Å². The first-order valence-corrected chi connectivity index (χ1v) is 13.0. The van der Waals surface area contributed by atoms with Crippen molar-refractivity contribution in [1.29, 1.82) is 0 Å². The van der Waals surface area contributed by atoms with Crippen molar-refractivity contribution in [3.63, 3.8) is 0 Å².